The van der Waals surface area contributed by atoms with Crippen LogP contribution in [0.1, 0.15) is 62.4 Å². The fourth-order valence-corrected chi connectivity index (χ4v) is 10.1. The van der Waals surface area contributed by atoms with Gasteiger partial charge < -0.3 is 33.9 Å². The summed E-state index contributed by atoms with van der Waals surface area (Å²) >= 11 is 7.95. The van der Waals surface area contributed by atoms with Crippen molar-refractivity contribution in [2.45, 2.75) is 52.5 Å². The summed E-state index contributed by atoms with van der Waals surface area (Å²) in [6, 6.07) is 25.2. The number of aryl methyl sites for hydroxylation is 2. The second-order valence-electron chi connectivity index (χ2n) is 17.1. The van der Waals surface area contributed by atoms with Gasteiger partial charge in [0, 0.05) is 71.9 Å². The number of aliphatic imine (C=N–C) groups is 1. The van der Waals surface area contributed by atoms with E-state index >= 15 is 0 Å². The van der Waals surface area contributed by atoms with Gasteiger partial charge in [0.05, 0.1) is 58.6 Å². The van der Waals surface area contributed by atoms with Crippen molar-refractivity contribution >= 4 is 65.3 Å². The first-order chi connectivity index (χ1) is 33.2. The van der Waals surface area contributed by atoms with E-state index in [1.54, 1.807) is 11.3 Å². The highest BCUT2D eigenvalue weighted by Crippen LogP contribution is 2.40. The summed E-state index contributed by atoms with van der Waals surface area (Å²) in [5.41, 5.74) is 9.08. The summed E-state index contributed by atoms with van der Waals surface area (Å²) in [6.45, 7) is 12.8. The van der Waals surface area contributed by atoms with Crippen molar-refractivity contribution in [2.24, 2.45) is 4.99 Å². The Kier molecular flexibility index (Phi) is 17.0. The molecule has 3 aromatic carbocycles. The van der Waals surface area contributed by atoms with Gasteiger partial charge in [-0.1, -0.05) is 54.1 Å². The molecule has 3 aliphatic rings. The molecule has 1 saturated heterocycles. The molecule has 5 heterocycles. The monoisotopic (exact) mass is 991 g/mol. The number of hydrogen-bond donors (Lipinski definition) is 1. The average molecular weight is 993 g/mol. The van der Waals surface area contributed by atoms with Crippen LogP contribution in [0.4, 0.5) is 11.6 Å². The van der Waals surface area contributed by atoms with Crippen LogP contribution in [-0.2, 0) is 47.8 Å². The van der Waals surface area contributed by atoms with Crippen molar-refractivity contribution in [3.63, 3.8) is 0 Å². The molecule has 17 heteroatoms. The number of rotatable bonds is 21. The van der Waals surface area contributed by atoms with E-state index in [1.165, 1.54) is 4.88 Å². The van der Waals surface area contributed by atoms with Gasteiger partial charge in [0.15, 0.2) is 5.82 Å². The summed E-state index contributed by atoms with van der Waals surface area (Å²) in [4.78, 5) is 39.4. The molecule has 362 valence electrons. The van der Waals surface area contributed by atoms with Crippen molar-refractivity contribution < 1.29 is 33.3 Å². The molecular formula is C52H58ClN7O7S2. The number of hydrogen-bond acceptors (Lipinski definition) is 14. The second-order valence-corrected chi connectivity index (χ2v) is 18.8. The molecule has 0 unspecified atom stereocenters. The molecule has 0 saturated carbocycles. The molecule has 1 atom stereocenters. The number of nitrogens with zero attached hydrogens (tertiary/aromatic N) is 6. The van der Waals surface area contributed by atoms with Crippen LogP contribution < -0.4 is 15.0 Å². The third-order valence-corrected chi connectivity index (χ3v) is 13.8. The number of anilines is 2. The topological polar surface area (TPSA) is 152 Å². The van der Waals surface area contributed by atoms with E-state index in [4.69, 9.17) is 45.3 Å². The molecule has 0 amide bonds. The molecule has 69 heavy (non-hydrogen) atoms. The lowest BCUT2D eigenvalue weighted by Gasteiger charge is -2.28. The van der Waals surface area contributed by atoms with Crippen LogP contribution in [-0.4, -0.2) is 116 Å². The Balaban J connectivity index is 0.00000642. The van der Waals surface area contributed by atoms with Gasteiger partial charge in [-0.2, -0.15) is 13.5 Å². The Morgan fingerprint density at radius 2 is 1.52 bits per heavy atom. The molecule has 2 aliphatic heterocycles. The van der Waals surface area contributed by atoms with Gasteiger partial charge in [-0.25, -0.2) is 4.98 Å². The summed E-state index contributed by atoms with van der Waals surface area (Å²) in [6.07, 6.45) is 1.44. The van der Waals surface area contributed by atoms with E-state index in [2.05, 4.69) is 69.2 Å². The van der Waals surface area contributed by atoms with Crippen molar-refractivity contribution in [1.29, 1.82) is 0 Å². The van der Waals surface area contributed by atoms with Gasteiger partial charge >= 0.3 is 0 Å². The number of ketones is 2. The van der Waals surface area contributed by atoms with Crippen molar-refractivity contribution in [3.8, 4) is 21.9 Å². The molecule has 0 spiro atoms. The van der Waals surface area contributed by atoms with Gasteiger partial charge in [-0.3, -0.25) is 19.1 Å². The number of morpholine rings is 1. The quantitative estimate of drug-likeness (QED) is 0.0692. The zero-order valence-electron chi connectivity index (χ0n) is 39.2. The number of carbonyl (C=O) groups excluding carboxylic acids is 2. The minimum atomic E-state index is -0.511. The molecule has 14 nitrogen and oxygen atoms in total. The van der Waals surface area contributed by atoms with Crippen LogP contribution >= 0.6 is 36.4 Å². The van der Waals surface area contributed by atoms with Gasteiger partial charge in [0.2, 0.25) is 0 Å². The van der Waals surface area contributed by atoms with E-state index in [0.717, 1.165) is 85.8 Å². The normalized spacial score (nSPS) is 15.2. The third kappa shape index (κ3) is 12.1. The molecule has 0 bridgehead atoms. The molecular weight excluding hydrogens is 934 g/mol. The van der Waals surface area contributed by atoms with E-state index in [-0.39, 0.29) is 37.9 Å². The summed E-state index contributed by atoms with van der Waals surface area (Å²) in [7, 11) is 0. The largest absolute Gasteiger partial charge is 0.491 e. The Labute approximate surface area is 418 Å². The SMILES string of the molecule is Cc1sc2c(c1C)C(c1ccc(Cl)cc1)=N[C@@H](CC(=O)Cc1ccc(OCCOCCOCCOCCNc3nc(N4CCOCC4)ccc3-c3ccc4c(c3)CC(=O)C4)cc1)c1nnc(C)n1-2.S. The maximum Gasteiger partial charge on any atom is 0.163 e. The maximum absolute atomic E-state index is 13.7. The Hall–Kier alpha value is -5.46. The highest BCUT2D eigenvalue weighted by atomic mass is 35.5. The van der Waals surface area contributed by atoms with E-state index in [0.29, 0.717) is 95.4 Å². The molecule has 1 fully saturated rings. The first kappa shape index (κ1) is 49.9. The number of aromatic nitrogens is 4. The van der Waals surface area contributed by atoms with Gasteiger partial charge in [0.25, 0.3) is 0 Å². The Bertz CT molecular complexity index is 2770. The fraction of sp³-hybridized carbons (Fsp3) is 0.385. The molecule has 9 rings (SSSR count). The van der Waals surface area contributed by atoms with Gasteiger partial charge in [-0.05, 0) is 85.0 Å². The molecule has 3 aromatic heterocycles. The zero-order chi connectivity index (χ0) is 47.0. The van der Waals surface area contributed by atoms with Crippen LogP contribution in [0.5, 0.6) is 5.75 Å². The standard InChI is InChI=1S/C52H56ClN7O7S.H2S/c1-33-34(2)68-52-48(33)49(37-8-10-41(53)11-9-37)55-46(51-58-57-35(3)60(51)52)32-42(61)28-36-4-12-44(13-5-36)67-27-26-66-25-24-65-23-22-63-19-16-54-50-45(14-15-47(56-50)59-17-20-64-21-18-59)39-7-6-38-30-43(62)31-40(38)29-39;/h4-15,29,46H,16-28,30-32H2,1-3H3,(H,54,56);1H2/t46-;/m0./s1. The number of Topliss-reactive ketones (excluding diaryl/α,β-unsaturated/α-hetero) is 2. The molecule has 1 N–H and O–H groups in total. The van der Waals surface area contributed by atoms with Gasteiger partial charge in [0.1, 0.15) is 52.4 Å². The third-order valence-electron chi connectivity index (χ3n) is 12.4. The smallest absolute Gasteiger partial charge is 0.163 e. The van der Waals surface area contributed by atoms with Crippen LogP contribution in [0.25, 0.3) is 16.1 Å². The Morgan fingerprint density at radius 1 is 0.826 bits per heavy atom. The molecule has 1 aliphatic carbocycles. The zero-order valence-corrected chi connectivity index (χ0v) is 41.8. The van der Waals surface area contributed by atoms with Crippen molar-refractivity contribution in [2.75, 3.05) is 89.3 Å². The highest BCUT2D eigenvalue weighted by Gasteiger charge is 2.32. The minimum Gasteiger partial charge on any atom is -0.491 e. The lowest BCUT2D eigenvalue weighted by Crippen LogP contribution is -2.36. The van der Waals surface area contributed by atoms with Crippen LogP contribution in [0, 0.1) is 20.8 Å². The number of nitrogens with one attached hydrogen (secondary N) is 1. The minimum absolute atomic E-state index is 0. The number of halogens is 1. The predicted octanol–water partition coefficient (Wildman–Crippen LogP) is 8.22. The van der Waals surface area contributed by atoms with Crippen molar-refractivity contribution in [1.82, 2.24) is 19.7 Å². The van der Waals surface area contributed by atoms with Crippen LogP contribution in [0.2, 0.25) is 5.02 Å². The van der Waals surface area contributed by atoms with E-state index in [1.807, 2.05) is 55.5 Å². The van der Waals surface area contributed by atoms with Crippen molar-refractivity contribution in [3.05, 3.63) is 134 Å². The average Bonchev–Trinajstić information content (AvgIpc) is 3.99. The number of carbonyl (C=O) groups is 2. The first-order valence-corrected chi connectivity index (χ1v) is 24.4. The maximum atomic E-state index is 13.7. The van der Waals surface area contributed by atoms with E-state index in [9.17, 15) is 9.59 Å². The summed E-state index contributed by atoms with van der Waals surface area (Å²) in [5, 5.41) is 14.1. The second kappa shape index (κ2) is 23.4. The van der Waals surface area contributed by atoms with Crippen LogP contribution in [0.3, 0.4) is 0 Å². The summed E-state index contributed by atoms with van der Waals surface area (Å²) in [5.74, 6) is 4.13. The number of thiophene rings is 1. The number of pyridine rings is 1. The summed E-state index contributed by atoms with van der Waals surface area (Å²) < 4.78 is 30.8. The van der Waals surface area contributed by atoms with E-state index < -0.39 is 6.04 Å². The van der Waals surface area contributed by atoms with Gasteiger partial charge in [-0.15, -0.1) is 21.5 Å². The number of fused-ring (bicyclic) bond motifs is 4. The highest BCUT2D eigenvalue weighted by molar-refractivity contribution is 7.59. The Morgan fingerprint density at radius 3 is 2.28 bits per heavy atom. The number of benzene rings is 3. The number of ether oxygens (including phenoxy) is 5. The predicted molar refractivity (Wildman–Crippen MR) is 275 cm³/mol. The molecule has 0 radical (unpaired) electrons. The van der Waals surface area contributed by atoms with Crippen LogP contribution in [0.15, 0.2) is 83.9 Å². The fourth-order valence-electron chi connectivity index (χ4n) is 8.76. The lowest BCUT2D eigenvalue weighted by molar-refractivity contribution is -0.119. The first-order valence-electron chi connectivity index (χ1n) is 23.2. The molecule has 6 aromatic rings. The lowest BCUT2D eigenvalue weighted by atomic mass is 9.99.